The van der Waals surface area contributed by atoms with Crippen molar-refractivity contribution in [3.63, 3.8) is 0 Å². The molecule has 0 saturated heterocycles. The minimum Gasteiger partial charge on any atom is -0.378 e. The highest BCUT2D eigenvalue weighted by Gasteiger charge is 2.13. The molecule has 0 aromatic carbocycles. The van der Waals surface area contributed by atoms with Crippen molar-refractivity contribution in [1.29, 1.82) is 0 Å². The normalized spacial score (nSPS) is 16.4. The Morgan fingerprint density at radius 1 is 1.25 bits per heavy atom. The van der Waals surface area contributed by atoms with Crippen molar-refractivity contribution in [3.8, 4) is 0 Å². The van der Waals surface area contributed by atoms with Gasteiger partial charge in [0.2, 0.25) is 0 Å². The fourth-order valence-corrected chi connectivity index (χ4v) is 2.84. The Morgan fingerprint density at radius 2 is 2.04 bits per heavy atom. The number of nitrogens with zero attached hydrogens (tertiary/aromatic N) is 4. The molecule has 1 heterocycles. The summed E-state index contributed by atoms with van der Waals surface area (Å²) < 4.78 is 7.91. The van der Waals surface area contributed by atoms with Crippen LogP contribution in [0.25, 0.3) is 0 Å². The number of aryl methyl sites for hydroxylation is 1. The first-order valence-electron chi connectivity index (χ1n) is 9.19. The van der Waals surface area contributed by atoms with Crippen molar-refractivity contribution in [1.82, 2.24) is 25.4 Å². The summed E-state index contributed by atoms with van der Waals surface area (Å²) in [6.07, 6.45) is 7.95. The predicted molar refractivity (Wildman–Crippen MR) is 96.0 cm³/mol. The van der Waals surface area contributed by atoms with Gasteiger partial charge < -0.3 is 19.9 Å². The predicted octanol–water partition coefficient (Wildman–Crippen LogP) is 1.92. The second-order valence-electron chi connectivity index (χ2n) is 6.33. The van der Waals surface area contributed by atoms with Crippen LogP contribution >= 0.6 is 0 Å². The molecule has 7 heteroatoms. The lowest BCUT2D eigenvalue weighted by Gasteiger charge is -2.22. The average Bonchev–Trinajstić information content (AvgIpc) is 2.92. The van der Waals surface area contributed by atoms with E-state index in [9.17, 15) is 0 Å². The minimum absolute atomic E-state index is 0.486. The van der Waals surface area contributed by atoms with Crippen molar-refractivity contribution >= 4 is 5.96 Å². The molecule has 24 heavy (non-hydrogen) atoms. The van der Waals surface area contributed by atoms with Crippen LogP contribution in [0.15, 0.2) is 4.99 Å². The molecule has 1 aromatic rings. The summed E-state index contributed by atoms with van der Waals surface area (Å²) in [4.78, 5) is 4.58. The Morgan fingerprint density at radius 3 is 2.71 bits per heavy atom. The van der Waals surface area contributed by atoms with Gasteiger partial charge in [0.25, 0.3) is 0 Å². The molecule has 136 valence electrons. The van der Waals surface area contributed by atoms with E-state index in [1.54, 1.807) is 0 Å². The quantitative estimate of drug-likeness (QED) is 0.431. The SMILES string of the molecule is CCNC(=NCc1nnc(C)n1C)NCCCOC1CCCCC1. The Hall–Kier alpha value is -1.63. The van der Waals surface area contributed by atoms with Gasteiger partial charge in [-0.2, -0.15) is 0 Å². The fraction of sp³-hybridized carbons (Fsp3) is 0.824. The van der Waals surface area contributed by atoms with E-state index in [0.717, 1.165) is 43.7 Å². The van der Waals surface area contributed by atoms with Gasteiger partial charge in [-0.1, -0.05) is 19.3 Å². The molecule has 0 spiro atoms. The monoisotopic (exact) mass is 336 g/mol. The molecule has 0 radical (unpaired) electrons. The third kappa shape index (κ3) is 6.11. The number of ether oxygens (including phenoxy) is 1. The summed E-state index contributed by atoms with van der Waals surface area (Å²) in [5.41, 5.74) is 0. The molecular formula is C17H32N6O. The highest BCUT2D eigenvalue weighted by atomic mass is 16.5. The molecular weight excluding hydrogens is 304 g/mol. The van der Waals surface area contributed by atoms with E-state index in [-0.39, 0.29) is 0 Å². The number of rotatable bonds is 8. The highest BCUT2D eigenvalue weighted by Crippen LogP contribution is 2.20. The molecule has 0 amide bonds. The van der Waals surface area contributed by atoms with E-state index in [1.807, 2.05) is 18.5 Å². The molecule has 1 aromatic heterocycles. The van der Waals surface area contributed by atoms with Crippen molar-refractivity contribution in [3.05, 3.63) is 11.6 Å². The van der Waals surface area contributed by atoms with Gasteiger partial charge in [0, 0.05) is 26.7 Å². The second-order valence-corrected chi connectivity index (χ2v) is 6.33. The number of aromatic nitrogens is 3. The Bertz CT molecular complexity index is 507. The lowest BCUT2D eigenvalue weighted by Crippen LogP contribution is -2.38. The maximum absolute atomic E-state index is 5.95. The molecule has 1 aliphatic rings. The van der Waals surface area contributed by atoms with E-state index >= 15 is 0 Å². The topological polar surface area (TPSA) is 76.4 Å². The standard InChI is InChI=1S/C17H32N6O/c1-4-18-17(20-13-16-22-21-14(2)23(16)3)19-11-8-12-24-15-9-6-5-7-10-15/h15H,4-13H2,1-3H3,(H2,18,19,20). The molecule has 2 rings (SSSR count). The maximum Gasteiger partial charge on any atom is 0.191 e. The molecule has 2 N–H and O–H groups in total. The van der Waals surface area contributed by atoms with E-state index in [4.69, 9.17) is 4.74 Å². The van der Waals surface area contributed by atoms with Gasteiger partial charge in [-0.3, -0.25) is 0 Å². The van der Waals surface area contributed by atoms with Crippen LogP contribution in [0.3, 0.4) is 0 Å². The van der Waals surface area contributed by atoms with Crippen LogP contribution in [0, 0.1) is 6.92 Å². The number of hydrogen-bond acceptors (Lipinski definition) is 4. The largest absolute Gasteiger partial charge is 0.378 e. The van der Waals surface area contributed by atoms with Crippen LogP contribution in [0.2, 0.25) is 0 Å². The zero-order valence-corrected chi connectivity index (χ0v) is 15.3. The van der Waals surface area contributed by atoms with Crippen molar-refractivity contribution < 1.29 is 4.74 Å². The Kier molecular flexibility index (Phi) is 8.01. The van der Waals surface area contributed by atoms with Gasteiger partial charge in [0.1, 0.15) is 12.4 Å². The smallest absolute Gasteiger partial charge is 0.191 e. The third-order valence-corrected chi connectivity index (χ3v) is 4.42. The molecule has 1 saturated carbocycles. The van der Waals surface area contributed by atoms with E-state index in [1.165, 1.54) is 32.1 Å². The van der Waals surface area contributed by atoms with E-state index < -0.39 is 0 Å². The first kappa shape index (κ1) is 18.7. The highest BCUT2D eigenvalue weighted by molar-refractivity contribution is 5.79. The van der Waals surface area contributed by atoms with Crippen molar-refractivity contribution in [2.75, 3.05) is 19.7 Å². The van der Waals surface area contributed by atoms with E-state index in [2.05, 4.69) is 32.7 Å². The molecule has 0 aliphatic heterocycles. The summed E-state index contributed by atoms with van der Waals surface area (Å²) in [7, 11) is 1.96. The van der Waals surface area contributed by atoms with Gasteiger partial charge in [0.15, 0.2) is 11.8 Å². The zero-order valence-electron chi connectivity index (χ0n) is 15.3. The third-order valence-electron chi connectivity index (χ3n) is 4.42. The molecule has 0 bridgehead atoms. The second kappa shape index (κ2) is 10.3. The fourth-order valence-electron chi connectivity index (χ4n) is 2.84. The van der Waals surface area contributed by atoms with Gasteiger partial charge in [-0.25, -0.2) is 4.99 Å². The molecule has 1 fully saturated rings. The van der Waals surface area contributed by atoms with Gasteiger partial charge >= 0.3 is 0 Å². The number of guanidine groups is 1. The van der Waals surface area contributed by atoms with Crippen LogP contribution in [0.1, 0.15) is 57.1 Å². The Labute approximate surface area is 145 Å². The van der Waals surface area contributed by atoms with Crippen LogP contribution in [0.4, 0.5) is 0 Å². The van der Waals surface area contributed by atoms with Crippen LogP contribution in [0.5, 0.6) is 0 Å². The Balaban J connectivity index is 1.68. The summed E-state index contributed by atoms with van der Waals surface area (Å²) in [5, 5.41) is 14.8. The summed E-state index contributed by atoms with van der Waals surface area (Å²) in [6, 6.07) is 0. The number of hydrogen-bond donors (Lipinski definition) is 2. The molecule has 0 atom stereocenters. The zero-order chi connectivity index (χ0) is 17.2. The van der Waals surface area contributed by atoms with Gasteiger partial charge in [-0.15, -0.1) is 10.2 Å². The summed E-state index contributed by atoms with van der Waals surface area (Å²) in [6.45, 7) is 7.04. The van der Waals surface area contributed by atoms with Gasteiger partial charge in [-0.05, 0) is 33.1 Å². The first-order chi connectivity index (χ1) is 11.7. The molecule has 1 aliphatic carbocycles. The van der Waals surface area contributed by atoms with Crippen LogP contribution < -0.4 is 10.6 Å². The van der Waals surface area contributed by atoms with Crippen molar-refractivity contribution in [2.45, 2.75) is 65.0 Å². The molecule has 7 nitrogen and oxygen atoms in total. The van der Waals surface area contributed by atoms with E-state index in [0.29, 0.717) is 12.6 Å². The minimum atomic E-state index is 0.486. The van der Waals surface area contributed by atoms with Gasteiger partial charge in [0.05, 0.1) is 6.10 Å². The maximum atomic E-state index is 5.95. The lowest BCUT2D eigenvalue weighted by atomic mass is 9.98. The van der Waals surface area contributed by atoms with Crippen molar-refractivity contribution in [2.24, 2.45) is 12.0 Å². The summed E-state index contributed by atoms with van der Waals surface area (Å²) in [5.74, 6) is 2.58. The van der Waals surface area contributed by atoms with Crippen LogP contribution in [-0.2, 0) is 18.3 Å². The average molecular weight is 336 g/mol. The first-order valence-corrected chi connectivity index (χ1v) is 9.19. The molecule has 0 unspecified atom stereocenters. The number of aliphatic imine (C=N–C) groups is 1. The van der Waals surface area contributed by atoms with Crippen LogP contribution in [-0.4, -0.2) is 46.5 Å². The summed E-state index contributed by atoms with van der Waals surface area (Å²) >= 11 is 0. The number of nitrogens with one attached hydrogen (secondary N) is 2. The lowest BCUT2D eigenvalue weighted by molar-refractivity contribution is 0.0277.